The van der Waals surface area contributed by atoms with Gasteiger partial charge in [-0.2, -0.15) is 0 Å². The summed E-state index contributed by atoms with van der Waals surface area (Å²) in [5.74, 6) is -0.131. The predicted octanol–water partition coefficient (Wildman–Crippen LogP) is 1.63. The van der Waals surface area contributed by atoms with Gasteiger partial charge in [0.15, 0.2) is 0 Å². The maximum atomic E-state index is 13.9. The van der Waals surface area contributed by atoms with E-state index in [9.17, 15) is 9.18 Å². The lowest BCUT2D eigenvalue weighted by molar-refractivity contribution is -0.135. The van der Waals surface area contributed by atoms with Crippen molar-refractivity contribution in [2.75, 3.05) is 33.2 Å². The van der Waals surface area contributed by atoms with Crippen LogP contribution in [-0.2, 0) is 10.2 Å². The lowest BCUT2D eigenvalue weighted by Gasteiger charge is -2.35. The molecule has 0 atom stereocenters. The summed E-state index contributed by atoms with van der Waals surface area (Å²) in [4.78, 5) is 16.8. The first-order valence-corrected chi connectivity index (χ1v) is 6.86. The Morgan fingerprint density at radius 2 is 1.79 bits per heavy atom. The van der Waals surface area contributed by atoms with Crippen LogP contribution in [-0.4, -0.2) is 48.9 Å². The second-order valence-corrected chi connectivity index (χ2v) is 5.66. The molecule has 2 fully saturated rings. The topological polar surface area (TPSA) is 23.6 Å². The number of halogens is 1. The zero-order valence-corrected chi connectivity index (χ0v) is 11.2. The number of rotatable bonds is 2. The molecule has 1 aliphatic heterocycles. The molecule has 1 amide bonds. The van der Waals surface area contributed by atoms with E-state index in [4.69, 9.17) is 0 Å². The molecule has 102 valence electrons. The van der Waals surface area contributed by atoms with Crippen LogP contribution < -0.4 is 0 Å². The molecule has 3 rings (SSSR count). The molecule has 0 aromatic heterocycles. The van der Waals surface area contributed by atoms with Crippen molar-refractivity contribution in [1.82, 2.24) is 9.80 Å². The minimum atomic E-state index is -0.568. The van der Waals surface area contributed by atoms with Crippen LogP contribution in [0.3, 0.4) is 0 Å². The fraction of sp³-hybridized carbons (Fsp3) is 0.533. The largest absolute Gasteiger partial charge is 0.339 e. The van der Waals surface area contributed by atoms with Crippen molar-refractivity contribution >= 4 is 5.91 Å². The van der Waals surface area contributed by atoms with E-state index in [1.807, 2.05) is 11.0 Å². The molecular weight excluding hydrogens is 243 g/mol. The monoisotopic (exact) mass is 262 g/mol. The fourth-order valence-corrected chi connectivity index (χ4v) is 2.88. The summed E-state index contributed by atoms with van der Waals surface area (Å²) in [5, 5.41) is 0. The standard InChI is InChI=1S/C15H19FN2O/c1-17-8-10-18(11-9-17)14(19)15(6-7-15)12-4-2-3-5-13(12)16/h2-5H,6-11H2,1H3. The van der Waals surface area contributed by atoms with E-state index in [1.54, 1.807) is 12.1 Å². The van der Waals surface area contributed by atoms with Crippen LogP contribution in [0, 0.1) is 5.82 Å². The SMILES string of the molecule is CN1CCN(C(=O)C2(c3ccccc3F)CC2)CC1. The summed E-state index contributed by atoms with van der Waals surface area (Å²) >= 11 is 0. The number of benzene rings is 1. The van der Waals surface area contributed by atoms with Crippen LogP contribution in [0.4, 0.5) is 4.39 Å². The van der Waals surface area contributed by atoms with Crippen LogP contribution in [0.1, 0.15) is 18.4 Å². The number of amides is 1. The number of likely N-dealkylation sites (N-methyl/N-ethyl adjacent to an activating group) is 1. The number of nitrogens with zero attached hydrogens (tertiary/aromatic N) is 2. The molecule has 0 spiro atoms. The second-order valence-electron chi connectivity index (χ2n) is 5.66. The quantitative estimate of drug-likeness (QED) is 0.809. The van der Waals surface area contributed by atoms with E-state index in [2.05, 4.69) is 11.9 Å². The van der Waals surface area contributed by atoms with Gasteiger partial charge >= 0.3 is 0 Å². The smallest absolute Gasteiger partial charge is 0.233 e. The molecule has 0 radical (unpaired) electrons. The van der Waals surface area contributed by atoms with Gasteiger partial charge in [0.2, 0.25) is 5.91 Å². The highest BCUT2D eigenvalue weighted by molar-refractivity contribution is 5.91. The highest BCUT2D eigenvalue weighted by atomic mass is 19.1. The first-order valence-electron chi connectivity index (χ1n) is 6.86. The third-order valence-electron chi connectivity index (χ3n) is 4.34. The number of carbonyl (C=O) groups excluding carboxylic acids is 1. The van der Waals surface area contributed by atoms with Crippen LogP contribution in [0.5, 0.6) is 0 Å². The van der Waals surface area contributed by atoms with Gasteiger partial charge in [-0.1, -0.05) is 18.2 Å². The molecule has 19 heavy (non-hydrogen) atoms. The van der Waals surface area contributed by atoms with Crippen LogP contribution >= 0.6 is 0 Å². The minimum absolute atomic E-state index is 0.116. The predicted molar refractivity (Wildman–Crippen MR) is 71.4 cm³/mol. The van der Waals surface area contributed by atoms with Crippen LogP contribution in [0.25, 0.3) is 0 Å². The summed E-state index contributed by atoms with van der Waals surface area (Å²) in [6, 6.07) is 6.70. The van der Waals surface area contributed by atoms with E-state index >= 15 is 0 Å². The molecule has 0 N–H and O–H groups in total. The Balaban J connectivity index is 1.82. The average Bonchev–Trinajstić information content (AvgIpc) is 3.21. The number of carbonyl (C=O) groups is 1. The van der Waals surface area contributed by atoms with E-state index in [0.717, 1.165) is 39.0 Å². The Bertz CT molecular complexity index is 491. The Labute approximate surface area is 113 Å². The molecule has 0 unspecified atom stereocenters. The van der Waals surface area contributed by atoms with Crippen molar-refractivity contribution < 1.29 is 9.18 Å². The Morgan fingerprint density at radius 3 is 2.37 bits per heavy atom. The van der Waals surface area contributed by atoms with Gasteiger partial charge < -0.3 is 9.80 Å². The normalized spacial score (nSPS) is 22.3. The summed E-state index contributed by atoms with van der Waals surface area (Å²) in [5.41, 5.74) is 0.0141. The van der Waals surface area contributed by atoms with Crippen molar-refractivity contribution in [3.8, 4) is 0 Å². The Hall–Kier alpha value is -1.42. The molecule has 1 saturated heterocycles. The van der Waals surface area contributed by atoms with E-state index in [-0.39, 0.29) is 11.7 Å². The average molecular weight is 262 g/mol. The molecule has 1 aromatic carbocycles. The highest BCUT2D eigenvalue weighted by Crippen LogP contribution is 2.50. The van der Waals surface area contributed by atoms with Gasteiger partial charge in [-0.25, -0.2) is 4.39 Å². The van der Waals surface area contributed by atoms with Crippen molar-refractivity contribution in [2.45, 2.75) is 18.3 Å². The Morgan fingerprint density at radius 1 is 1.16 bits per heavy atom. The highest BCUT2D eigenvalue weighted by Gasteiger charge is 2.54. The number of hydrogen-bond acceptors (Lipinski definition) is 2. The van der Waals surface area contributed by atoms with Gasteiger partial charge in [-0.05, 0) is 26.0 Å². The first-order chi connectivity index (χ1) is 9.13. The molecule has 1 aromatic rings. The van der Waals surface area contributed by atoms with Gasteiger partial charge in [0, 0.05) is 31.7 Å². The maximum Gasteiger partial charge on any atom is 0.233 e. The second kappa shape index (κ2) is 4.60. The maximum absolute atomic E-state index is 13.9. The van der Waals surface area contributed by atoms with E-state index in [0.29, 0.717) is 5.56 Å². The molecule has 1 aliphatic carbocycles. The van der Waals surface area contributed by atoms with Gasteiger partial charge in [-0.3, -0.25) is 4.79 Å². The molecule has 4 heteroatoms. The van der Waals surface area contributed by atoms with Crippen LogP contribution in [0.15, 0.2) is 24.3 Å². The summed E-state index contributed by atoms with van der Waals surface area (Å²) in [7, 11) is 2.06. The molecule has 3 nitrogen and oxygen atoms in total. The Kier molecular flexibility index (Phi) is 3.05. The lowest BCUT2D eigenvalue weighted by Crippen LogP contribution is -2.50. The molecule has 1 heterocycles. The lowest BCUT2D eigenvalue weighted by atomic mass is 9.93. The van der Waals surface area contributed by atoms with Crippen molar-refractivity contribution in [3.63, 3.8) is 0 Å². The summed E-state index contributed by atoms with van der Waals surface area (Å²) in [6.07, 6.45) is 1.55. The van der Waals surface area contributed by atoms with Gasteiger partial charge in [0.05, 0.1) is 5.41 Å². The van der Waals surface area contributed by atoms with Gasteiger partial charge in [0.25, 0.3) is 0 Å². The summed E-state index contributed by atoms with van der Waals surface area (Å²) < 4.78 is 13.9. The van der Waals surface area contributed by atoms with Crippen LogP contribution in [0.2, 0.25) is 0 Å². The van der Waals surface area contributed by atoms with Crippen molar-refractivity contribution in [3.05, 3.63) is 35.6 Å². The van der Waals surface area contributed by atoms with Crippen molar-refractivity contribution in [1.29, 1.82) is 0 Å². The molecular formula is C15H19FN2O. The van der Waals surface area contributed by atoms with Crippen molar-refractivity contribution in [2.24, 2.45) is 0 Å². The number of hydrogen-bond donors (Lipinski definition) is 0. The van der Waals surface area contributed by atoms with E-state index < -0.39 is 5.41 Å². The van der Waals surface area contributed by atoms with Gasteiger partial charge in [-0.15, -0.1) is 0 Å². The fourth-order valence-electron chi connectivity index (χ4n) is 2.88. The zero-order chi connectivity index (χ0) is 13.5. The third-order valence-corrected chi connectivity index (χ3v) is 4.34. The summed E-state index contributed by atoms with van der Waals surface area (Å²) in [6.45, 7) is 3.31. The number of piperazine rings is 1. The molecule has 0 bridgehead atoms. The third kappa shape index (κ3) is 2.14. The molecule has 2 aliphatic rings. The molecule has 1 saturated carbocycles. The van der Waals surface area contributed by atoms with E-state index in [1.165, 1.54) is 6.07 Å². The van der Waals surface area contributed by atoms with Gasteiger partial charge in [0.1, 0.15) is 5.82 Å². The zero-order valence-electron chi connectivity index (χ0n) is 11.2. The first kappa shape index (κ1) is 12.6. The minimum Gasteiger partial charge on any atom is -0.339 e.